The zero-order chi connectivity index (χ0) is 15.8. The van der Waals surface area contributed by atoms with Crippen LogP contribution in [0, 0.1) is 0 Å². The zero-order valence-corrected chi connectivity index (χ0v) is 14.2. The van der Waals surface area contributed by atoms with E-state index in [2.05, 4.69) is 5.32 Å². The van der Waals surface area contributed by atoms with Crippen LogP contribution in [0.1, 0.15) is 54.8 Å². The SMILES string of the molecule is COC(=O)c1c(O)ccc2c1CC[C@H](NC(C)(C)C)[C@H]2O.Cl. The fourth-order valence-electron chi connectivity index (χ4n) is 2.91. The lowest BCUT2D eigenvalue weighted by molar-refractivity contribution is 0.0592. The Hall–Kier alpha value is -1.30. The van der Waals surface area contributed by atoms with E-state index in [1.807, 2.05) is 20.8 Å². The number of aliphatic hydroxyl groups excluding tert-OH is 1. The van der Waals surface area contributed by atoms with Crippen molar-refractivity contribution in [2.45, 2.75) is 51.3 Å². The van der Waals surface area contributed by atoms with Crippen molar-refractivity contribution in [2.24, 2.45) is 0 Å². The predicted octanol–water partition coefficient (Wildman–Crippen LogP) is 2.34. The van der Waals surface area contributed by atoms with Crippen LogP contribution in [-0.4, -0.2) is 34.9 Å². The van der Waals surface area contributed by atoms with Gasteiger partial charge >= 0.3 is 5.97 Å². The Morgan fingerprint density at radius 1 is 1.36 bits per heavy atom. The lowest BCUT2D eigenvalue weighted by atomic mass is 9.82. The Labute approximate surface area is 137 Å². The van der Waals surface area contributed by atoms with E-state index in [4.69, 9.17) is 4.74 Å². The molecule has 0 spiro atoms. The van der Waals surface area contributed by atoms with Gasteiger partial charge in [-0.25, -0.2) is 4.79 Å². The number of hydrogen-bond acceptors (Lipinski definition) is 5. The molecule has 0 unspecified atom stereocenters. The fraction of sp³-hybridized carbons (Fsp3) is 0.562. The minimum absolute atomic E-state index is 0. The van der Waals surface area contributed by atoms with Crippen molar-refractivity contribution in [3.05, 3.63) is 28.8 Å². The van der Waals surface area contributed by atoms with Crippen molar-refractivity contribution in [2.75, 3.05) is 7.11 Å². The molecule has 1 aromatic carbocycles. The van der Waals surface area contributed by atoms with Gasteiger partial charge in [-0.3, -0.25) is 0 Å². The number of aromatic hydroxyl groups is 1. The molecule has 0 fully saturated rings. The third-order valence-electron chi connectivity index (χ3n) is 3.74. The van der Waals surface area contributed by atoms with Crippen LogP contribution in [-0.2, 0) is 11.2 Å². The van der Waals surface area contributed by atoms with Crippen LogP contribution in [0.3, 0.4) is 0 Å². The molecule has 0 heterocycles. The number of rotatable bonds is 2. The third-order valence-corrected chi connectivity index (χ3v) is 3.74. The first kappa shape index (κ1) is 18.7. The van der Waals surface area contributed by atoms with Gasteiger partial charge in [-0.2, -0.15) is 0 Å². The predicted molar refractivity (Wildman–Crippen MR) is 86.7 cm³/mol. The number of carbonyl (C=O) groups is 1. The van der Waals surface area contributed by atoms with Crippen LogP contribution in [0.4, 0.5) is 0 Å². The molecule has 2 rings (SSSR count). The summed E-state index contributed by atoms with van der Waals surface area (Å²) in [5.74, 6) is -0.672. The first-order chi connectivity index (χ1) is 9.74. The Balaban J connectivity index is 0.00000242. The van der Waals surface area contributed by atoms with Crippen LogP contribution >= 0.6 is 12.4 Å². The number of esters is 1. The van der Waals surface area contributed by atoms with Gasteiger partial charge in [0.05, 0.1) is 13.2 Å². The van der Waals surface area contributed by atoms with E-state index in [0.29, 0.717) is 24.0 Å². The quantitative estimate of drug-likeness (QED) is 0.726. The van der Waals surface area contributed by atoms with Crippen LogP contribution in [0.5, 0.6) is 5.75 Å². The van der Waals surface area contributed by atoms with Crippen LogP contribution in [0.2, 0.25) is 0 Å². The Morgan fingerprint density at radius 3 is 2.55 bits per heavy atom. The molecule has 0 radical (unpaired) electrons. The molecular formula is C16H24ClNO4. The molecule has 0 amide bonds. The van der Waals surface area contributed by atoms with E-state index in [1.54, 1.807) is 6.07 Å². The van der Waals surface area contributed by atoms with Crippen molar-refractivity contribution in [1.29, 1.82) is 0 Å². The van der Waals surface area contributed by atoms with Gasteiger partial charge in [-0.1, -0.05) is 6.07 Å². The number of aliphatic hydroxyl groups is 1. The van der Waals surface area contributed by atoms with E-state index in [0.717, 1.165) is 0 Å². The standard InChI is InChI=1S/C16H23NO4.ClH/c1-16(2,3)17-11-7-5-9-10(14(11)19)6-8-12(18)13(9)15(20)21-4;/h6,8,11,14,17-19H,5,7H2,1-4H3;1H/t11-,14-;/m0./s1. The van der Waals surface area contributed by atoms with Crippen LogP contribution in [0.25, 0.3) is 0 Å². The minimum atomic E-state index is -0.711. The van der Waals surface area contributed by atoms with E-state index in [-0.39, 0.29) is 35.3 Å². The number of methoxy groups -OCH3 is 1. The van der Waals surface area contributed by atoms with E-state index < -0.39 is 12.1 Å². The molecule has 2 atom stereocenters. The number of fused-ring (bicyclic) bond motifs is 1. The summed E-state index contributed by atoms with van der Waals surface area (Å²) >= 11 is 0. The highest BCUT2D eigenvalue weighted by atomic mass is 35.5. The summed E-state index contributed by atoms with van der Waals surface area (Å²) in [5.41, 5.74) is 1.43. The molecule has 1 aliphatic rings. The maximum Gasteiger partial charge on any atom is 0.341 e. The highest BCUT2D eigenvalue weighted by Gasteiger charge is 2.33. The van der Waals surface area contributed by atoms with Crippen molar-refractivity contribution in [3.63, 3.8) is 0 Å². The van der Waals surface area contributed by atoms with E-state index >= 15 is 0 Å². The van der Waals surface area contributed by atoms with Crippen molar-refractivity contribution in [1.82, 2.24) is 5.32 Å². The molecule has 0 saturated carbocycles. The molecule has 0 aliphatic heterocycles. The lowest BCUT2D eigenvalue weighted by Crippen LogP contribution is -2.48. The number of carbonyl (C=O) groups excluding carboxylic acids is 1. The number of benzene rings is 1. The van der Waals surface area contributed by atoms with Crippen LogP contribution in [0.15, 0.2) is 12.1 Å². The molecule has 0 aromatic heterocycles. The highest BCUT2D eigenvalue weighted by molar-refractivity contribution is 5.94. The molecule has 1 aromatic rings. The first-order valence-corrected chi connectivity index (χ1v) is 7.13. The van der Waals surface area contributed by atoms with Gasteiger partial charge in [-0.15, -0.1) is 12.4 Å². The summed E-state index contributed by atoms with van der Waals surface area (Å²) in [6, 6.07) is 3.04. The second-order valence-electron chi connectivity index (χ2n) is 6.50. The number of halogens is 1. The van der Waals surface area contributed by atoms with Gasteiger partial charge in [0.2, 0.25) is 0 Å². The molecule has 0 saturated heterocycles. The number of hydrogen-bond donors (Lipinski definition) is 3. The number of nitrogens with one attached hydrogen (secondary N) is 1. The molecule has 3 N–H and O–H groups in total. The first-order valence-electron chi connectivity index (χ1n) is 7.13. The molecule has 6 heteroatoms. The maximum atomic E-state index is 11.8. The van der Waals surface area contributed by atoms with Gasteiger partial charge in [0.1, 0.15) is 11.3 Å². The van der Waals surface area contributed by atoms with Crippen LogP contribution < -0.4 is 5.32 Å². The van der Waals surface area contributed by atoms with Gasteiger partial charge < -0.3 is 20.3 Å². The second kappa shape index (κ2) is 6.86. The highest BCUT2D eigenvalue weighted by Crippen LogP contribution is 2.36. The second-order valence-corrected chi connectivity index (χ2v) is 6.50. The van der Waals surface area contributed by atoms with E-state index in [9.17, 15) is 15.0 Å². The van der Waals surface area contributed by atoms with Gasteiger partial charge in [0.15, 0.2) is 0 Å². The average molecular weight is 330 g/mol. The molecule has 5 nitrogen and oxygen atoms in total. The average Bonchev–Trinajstić information content (AvgIpc) is 2.39. The lowest BCUT2D eigenvalue weighted by Gasteiger charge is -2.36. The Morgan fingerprint density at radius 2 is 2.00 bits per heavy atom. The number of phenolic OH excluding ortho intramolecular Hbond substituents is 1. The monoisotopic (exact) mass is 329 g/mol. The topological polar surface area (TPSA) is 78.8 Å². The Kier molecular flexibility index (Phi) is 5.84. The van der Waals surface area contributed by atoms with Gasteiger partial charge in [0, 0.05) is 11.6 Å². The summed E-state index contributed by atoms with van der Waals surface area (Å²) in [6.07, 6.45) is 0.592. The van der Waals surface area contributed by atoms with Crippen molar-refractivity contribution >= 4 is 18.4 Å². The zero-order valence-electron chi connectivity index (χ0n) is 13.3. The largest absolute Gasteiger partial charge is 0.507 e. The molecule has 124 valence electrons. The fourth-order valence-corrected chi connectivity index (χ4v) is 2.91. The van der Waals surface area contributed by atoms with Crippen molar-refractivity contribution in [3.8, 4) is 5.75 Å². The maximum absolute atomic E-state index is 11.8. The number of ether oxygens (including phenoxy) is 1. The Bertz CT molecular complexity index is 554. The smallest absolute Gasteiger partial charge is 0.341 e. The summed E-state index contributed by atoms with van der Waals surface area (Å²) < 4.78 is 4.73. The minimum Gasteiger partial charge on any atom is -0.507 e. The van der Waals surface area contributed by atoms with Crippen molar-refractivity contribution < 1.29 is 19.7 Å². The van der Waals surface area contributed by atoms with Gasteiger partial charge in [0.25, 0.3) is 0 Å². The van der Waals surface area contributed by atoms with Gasteiger partial charge in [-0.05, 0) is 50.8 Å². The van der Waals surface area contributed by atoms with E-state index in [1.165, 1.54) is 13.2 Å². The number of phenols is 1. The molecule has 1 aliphatic carbocycles. The molecular weight excluding hydrogens is 306 g/mol. The molecule has 0 bridgehead atoms. The summed E-state index contributed by atoms with van der Waals surface area (Å²) in [7, 11) is 1.28. The third kappa shape index (κ3) is 3.72. The summed E-state index contributed by atoms with van der Waals surface area (Å²) in [5, 5.41) is 23.9. The summed E-state index contributed by atoms with van der Waals surface area (Å²) in [4.78, 5) is 11.8. The molecule has 22 heavy (non-hydrogen) atoms. The summed E-state index contributed by atoms with van der Waals surface area (Å²) in [6.45, 7) is 6.14. The normalized spacial score (nSPS) is 20.8.